The maximum atomic E-state index is 11.9. The minimum absolute atomic E-state index is 0.0960. The number of para-hydroxylation sites is 2. The maximum Gasteiger partial charge on any atom is 0.223 e. The fraction of sp³-hybridized carbons (Fsp3) is 0.381. The standard InChI is InChI=1S/C21H24N2O2/c1-14(24)23-11-10-15-6-5-9-18(19(15)23)22-13-17-8-4-7-16-12-21(2,3)25-20(16)17/h4-9,22H,10-13H2,1-3H3. The van der Waals surface area contributed by atoms with E-state index in [4.69, 9.17) is 4.74 Å². The molecule has 0 aliphatic carbocycles. The lowest BCUT2D eigenvalue weighted by atomic mass is 10.0. The quantitative estimate of drug-likeness (QED) is 0.924. The van der Waals surface area contributed by atoms with Crippen LogP contribution in [-0.2, 0) is 24.2 Å². The van der Waals surface area contributed by atoms with Crippen LogP contribution in [0.5, 0.6) is 5.75 Å². The number of amides is 1. The average molecular weight is 336 g/mol. The van der Waals surface area contributed by atoms with Crippen LogP contribution >= 0.6 is 0 Å². The number of carbonyl (C=O) groups excluding carboxylic acids is 1. The molecule has 0 unspecified atom stereocenters. The molecule has 0 bridgehead atoms. The number of anilines is 2. The molecular formula is C21H24N2O2. The van der Waals surface area contributed by atoms with E-state index in [0.717, 1.165) is 42.1 Å². The lowest BCUT2D eigenvalue weighted by Crippen LogP contribution is -2.26. The zero-order valence-corrected chi connectivity index (χ0v) is 15.1. The highest BCUT2D eigenvalue weighted by molar-refractivity contribution is 5.97. The van der Waals surface area contributed by atoms with Crippen LogP contribution in [0.15, 0.2) is 36.4 Å². The number of benzene rings is 2. The fourth-order valence-electron chi connectivity index (χ4n) is 3.92. The number of carbonyl (C=O) groups is 1. The van der Waals surface area contributed by atoms with Crippen molar-refractivity contribution < 1.29 is 9.53 Å². The molecule has 2 heterocycles. The molecule has 1 N–H and O–H groups in total. The number of rotatable bonds is 3. The molecule has 0 fully saturated rings. The number of hydrogen-bond acceptors (Lipinski definition) is 3. The molecule has 0 saturated heterocycles. The fourth-order valence-corrected chi connectivity index (χ4v) is 3.92. The highest BCUT2D eigenvalue weighted by Crippen LogP contribution is 2.39. The van der Waals surface area contributed by atoms with Gasteiger partial charge in [0.25, 0.3) is 0 Å². The van der Waals surface area contributed by atoms with Crippen LogP contribution in [0.2, 0.25) is 0 Å². The topological polar surface area (TPSA) is 41.6 Å². The van der Waals surface area contributed by atoms with Crippen molar-refractivity contribution >= 4 is 17.3 Å². The molecule has 0 spiro atoms. The molecule has 2 aliphatic heterocycles. The Labute approximate surface area is 148 Å². The maximum absolute atomic E-state index is 11.9. The third kappa shape index (κ3) is 2.86. The van der Waals surface area contributed by atoms with Crippen LogP contribution in [0.1, 0.15) is 37.5 Å². The van der Waals surface area contributed by atoms with E-state index in [0.29, 0.717) is 6.54 Å². The van der Waals surface area contributed by atoms with Gasteiger partial charge in [-0.1, -0.05) is 30.3 Å². The highest BCUT2D eigenvalue weighted by atomic mass is 16.5. The first kappa shape index (κ1) is 16.0. The minimum Gasteiger partial charge on any atom is -0.487 e. The van der Waals surface area contributed by atoms with Gasteiger partial charge in [-0.25, -0.2) is 0 Å². The van der Waals surface area contributed by atoms with Gasteiger partial charge in [0.15, 0.2) is 0 Å². The monoisotopic (exact) mass is 336 g/mol. The Bertz CT molecular complexity index is 842. The molecule has 2 aromatic rings. The Balaban J connectivity index is 1.60. The Morgan fingerprint density at radius 2 is 1.96 bits per heavy atom. The van der Waals surface area contributed by atoms with Gasteiger partial charge < -0.3 is 15.0 Å². The van der Waals surface area contributed by atoms with Crippen molar-refractivity contribution in [3.05, 3.63) is 53.1 Å². The van der Waals surface area contributed by atoms with E-state index in [1.54, 1.807) is 6.92 Å². The van der Waals surface area contributed by atoms with E-state index in [-0.39, 0.29) is 11.5 Å². The summed E-state index contributed by atoms with van der Waals surface area (Å²) in [6, 6.07) is 12.6. The van der Waals surface area contributed by atoms with Crippen molar-refractivity contribution in [3.8, 4) is 5.75 Å². The number of hydrogen-bond donors (Lipinski definition) is 1. The molecule has 0 saturated carbocycles. The average Bonchev–Trinajstić information content (AvgIpc) is 3.12. The highest BCUT2D eigenvalue weighted by Gasteiger charge is 2.31. The van der Waals surface area contributed by atoms with E-state index in [1.807, 2.05) is 11.0 Å². The van der Waals surface area contributed by atoms with Gasteiger partial charge in [0.1, 0.15) is 11.4 Å². The van der Waals surface area contributed by atoms with Gasteiger partial charge in [-0.3, -0.25) is 4.79 Å². The zero-order valence-electron chi connectivity index (χ0n) is 15.1. The van der Waals surface area contributed by atoms with Crippen molar-refractivity contribution in [2.75, 3.05) is 16.8 Å². The zero-order chi connectivity index (χ0) is 17.6. The molecule has 2 aromatic carbocycles. The molecule has 0 atom stereocenters. The van der Waals surface area contributed by atoms with Crippen molar-refractivity contribution in [2.24, 2.45) is 0 Å². The first-order chi connectivity index (χ1) is 11.9. The van der Waals surface area contributed by atoms with Crippen LogP contribution < -0.4 is 15.0 Å². The first-order valence-corrected chi connectivity index (χ1v) is 8.88. The Hall–Kier alpha value is -2.49. The van der Waals surface area contributed by atoms with E-state index in [1.165, 1.54) is 11.1 Å². The molecule has 4 nitrogen and oxygen atoms in total. The summed E-state index contributed by atoms with van der Waals surface area (Å²) < 4.78 is 6.16. The summed E-state index contributed by atoms with van der Waals surface area (Å²) in [5.41, 5.74) is 5.57. The molecule has 0 radical (unpaired) electrons. The lowest BCUT2D eigenvalue weighted by Gasteiger charge is -2.21. The van der Waals surface area contributed by atoms with Crippen molar-refractivity contribution in [1.82, 2.24) is 0 Å². The molecule has 4 heteroatoms. The summed E-state index contributed by atoms with van der Waals surface area (Å²) in [7, 11) is 0. The van der Waals surface area contributed by atoms with Crippen LogP contribution in [0, 0.1) is 0 Å². The summed E-state index contributed by atoms with van der Waals surface area (Å²) in [6.07, 6.45) is 1.86. The van der Waals surface area contributed by atoms with E-state index >= 15 is 0 Å². The van der Waals surface area contributed by atoms with Gasteiger partial charge >= 0.3 is 0 Å². The summed E-state index contributed by atoms with van der Waals surface area (Å²) in [5, 5.41) is 3.53. The largest absolute Gasteiger partial charge is 0.487 e. The third-order valence-corrected chi connectivity index (χ3v) is 5.02. The van der Waals surface area contributed by atoms with Gasteiger partial charge in [0.2, 0.25) is 5.91 Å². The van der Waals surface area contributed by atoms with Crippen LogP contribution in [0.4, 0.5) is 11.4 Å². The van der Waals surface area contributed by atoms with E-state index in [2.05, 4.69) is 49.5 Å². The molecule has 1 amide bonds. The second-order valence-electron chi connectivity index (χ2n) is 7.53. The third-order valence-electron chi connectivity index (χ3n) is 5.02. The minimum atomic E-state index is -0.141. The summed E-state index contributed by atoms with van der Waals surface area (Å²) >= 11 is 0. The van der Waals surface area contributed by atoms with Gasteiger partial charge in [0.05, 0.1) is 11.4 Å². The number of nitrogens with one attached hydrogen (secondary N) is 1. The summed E-state index contributed by atoms with van der Waals surface area (Å²) in [4.78, 5) is 13.8. The second-order valence-corrected chi connectivity index (χ2v) is 7.53. The van der Waals surface area contributed by atoms with Gasteiger partial charge in [0, 0.05) is 32.0 Å². The van der Waals surface area contributed by atoms with Crippen molar-refractivity contribution in [1.29, 1.82) is 0 Å². The van der Waals surface area contributed by atoms with Gasteiger partial charge in [-0.15, -0.1) is 0 Å². The van der Waals surface area contributed by atoms with Gasteiger partial charge in [-0.05, 0) is 37.5 Å². The Morgan fingerprint density at radius 1 is 1.20 bits per heavy atom. The molecule has 130 valence electrons. The lowest BCUT2D eigenvalue weighted by molar-refractivity contribution is -0.116. The molecule has 25 heavy (non-hydrogen) atoms. The van der Waals surface area contributed by atoms with Gasteiger partial charge in [-0.2, -0.15) is 0 Å². The first-order valence-electron chi connectivity index (χ1n) is 8.88. The van der Waals surface area contributed by atoms with Crippen molar-refractivity contribution in [2.45, 2.75) is 45.8 Å². The SMILES string of the molecule is CC(=O)N1CCc2cccc(NCc3cccc4c3OC(C)(C)C4)c21. The number of ether oxygens (including phenoxy) is 1. The number of nitrogens with zero attached hydrogens (tertiary/aromatic N) is 1. The second kappa shape index (κ2) is 5.80. The Morgan fingerprint density at radius 3 is 2.76 bits per heavy atom. The summed E-state index contributed by atoms with van der Waals surface area (Å²) in [6.45, 7) is 7.33. The van der Waals surface area contributed by atoms with E-state index in [9.17, 15) is 4.79 Å². The van der Waals surface area contributed by atoms with Crippen molar-refractivity contribution in [3.63, 3.8) is 0 Å². The van der Waals surface area contributed by atoms with Crippen LogP contribution in [0.3, 0.4) is 0 Å². The number of fused-ring (bicyclic) bond motifs is 2. The smallest absolute Gasteiger partial charge is 0.223 e. The molecule has 0 aromatic heterocycles. The van der Waals surface area contributed by atoms with Crippen LogP contribution in [0.25, 0.3) is 0 Å². The van der Waals surface area contributed by atoms with Crippen LogP contribution in [-0.4, -0.2) is 18.1 Å². The molecule has 4 rings (SSSR count). The van der Waals surface area contributed by atoms with E-state index < -0.39 is 0 Å². The molecular weight excluding hydrogens is 312 g/mol. The normalized spacial score (nSPS) is 17.0. The Kier molecular flexibility index (Phi) is 3.71. The predicted octanol–water partition coefficient (Wildman–Crippen LogP) is 3.92. The summed E-state index contributed by atoms with van der Waals surface area (Å²) in [5.74, 6) is 1.11. The molecule has 2 aliphatic rings. The predicted molar refractivity (Wildman–Crippen MR) is 100 cm³/mol.